The molecular formula is C12H16O2. The average molecular weight is 192 g/mol. The van der Waals surface area contributed by atoms with Crippen LogP contribution < -0.4 is 4.74 Å². The highest BCUT2D eigenvalue weighted by Gasteiger charge is 1.90. The van der Waals surface area contributed by atoms with E-state index in [0.29, 0.717) is 13.2 Å². The van der Waals surface area contributed by atoms with Crippen LogP contribution in [0.5, 0.6) is 5.75 Å². The van der Waals surface area contributed by atoms with Crippen molar-refractivity contribution >= 4 is 6.08 Å². The lowest BCUT2D eigenvalue weighted by atomic mass is 10.2. The molecule has 0 spiro atoms. The van der Waals surface area contributed by atoms with Crippen molar-refractivity contribution in [2.45, 2.75) is 6.92 Å². The van der Waals surface area contributed by atoms with E-state index >= 15 is 0 Å². The first-order valence-electron chi connectivity index (χ1n) is 4.75. The Morgan fingerprint density at radius 1 is 1.21 bits per heavy atom. The molecule has 0 radical (unpaired) electrons. The minimum atomic E-state index is 0.646. The predicted molar refractivity (Wildman–Crippen MR) is 58.5 cm³/mol. The molecule has 0 fully saturated rings. The van der Waals surface area contributed by atoms with E-state index in [0.717, 1.165) is 11.3 Å². The lowest BCUT2D eigenvalue weighted by Crippen LogP contribution is -1.90. The van der Waals surface area contributed by atoms with Crippen molar-refractivity contribution in [2.75, 3.05) is 20.3 Å². The van der Waals surface area contributed by atoms with Gasteiger partial charge in [-0.3, -0.25) is 0 Å². The SMILES string of the molecule is CCOc1ccc(C=CCOC)cc1. The first-order chi connectivity index (χ1) is 6.86. The smallest absolute Gasteiger partial charge is 0.119 e. The maximum atomic E-state index is 5.34. The highest BCUT2D eigenvalue weighted by Crippen LogP contribution is 2.12. The number of hydrogen-bond donors (Lipinski definition) is 0. The van der Waals surface area contributed by atoms with Gasteiger partial charge in [-0.15, -0.1) is 0 Å². The standard InChI is InChI=1S/C12H16O2/c1-3-14-12-8-6-11(7-9-12)5-4-10-13-2/h4-9H,3,10H2,1-2H3. The Bertz CT molecular complexity index is 275. The molecule has 0 bridgehead atoms. The molecule has 0 amide bonds. The minimum Gasteiger partial charge on any atom is -0.494 e. The van der Waals surface area contributed by atoms with Gasteiger partial charge in [0.15, 0.2) is 0 Å². The molecular weight excluding hydrogens is 176 g/mol. The Hall–Kier alpha value is -1.28. The van der Waals surface area contributed by atoms with Gasteiger partial charge in [0.2, 0.25) is 0 Å². The topological polar surface area (TPSA) is 18.5 Å². The van der Waals surface area contributed by atoms with Crippen molar-refractivity contribution in [1.29, 1.82) is 0 Å². The summed E-state index contributed by atoms with van der Waals surface area (Å²) in [6.07, 6.45) is 4.01. The Labute approximate surface area is 85.2 Å². The lowest BCUT2D eigenvalue weighted by molar-refractivity contribution is 0.234. The second-order valence-corrected chi connectivity index (χ2v) is 2.86. The monoisotopic (exact) mass is 192 g/mol. The van der Waals surface area contributed by atoms with Crippen LogP contribution in [-0.2, 0) is 4.74 Å². The molecule has 0 heterocycles. The maximum Gasteiger partial charge on any atom is 0.119 e. The van der Waals surface area contributed by atoms with Crippen LogP contribution in [0.25, 0.3) is 6.08 Å². The summed E-state index contributed by atoms with van der Waals surface area (Å²) in [6, 6.07) is 7.99. The second-order valence-electron chi connectivity index (χ2n) is 2.86. The summed E-state index contributed by atoms with van der Waals surface area (Å²) in [6.45, 7) is 3.33. The second kappa shape index (κ2) is 6.22. The molecule has 14 heavy (non-hydrogen) atoms. The van der Waals surface area contributed by atoms with Gasteiger partial charge in [-0.1, -0.05) is 24.3 Å². The third kappa shape index (κ3) is 3.62. The summed E-state index contributed by atoms with van der Waals surface area (Å²) >= 11 is 0. The molecule has 0 aliphatic heterocycles. The van der Waals surface area contributed by atoms with Crippen molar-refractivity contribution in [3.05, 3.63) is 35.9 Å². The van der Waals surface area contributed by atoms with Crippen LogP contribution >= 0.6 is 0 Å². The molecule has 76 valence electrons. The summed E-state index contributed by atoms with van der Waals surface area (Å²) in [4.78, 5) is 0. The van der Waals surface area contributed by atoms with Gasteiger partial charge in [0.25, 0.3) is 0 Å². The first kappa shape index (κ1) is 10.8. The number of methoxy groups -OCH3 is 1. The van der Waals surface area contributed by atoms with E-state index in [-0.39, 0.29) is 0 Å². The largest absolute Gasteiger partial charge is 0.494 e. The summed E-state index contributed by atoms with van der Waals surface area (Å²) in [5.74, 6) is 0.913. The molecule has 2 heteroatoms. The molecule has 0 saturated heterocycles. The fourth-order valence-corrected chi connectivity index (χ4v) is 1.12. The summed E-state index contributed by atoms with van der Waals surface area (Å²) in [7, 11) is 1.68. The van der Waals surface area contributed by atoms with E-state index in [1.165, 1.54) is 0 Å². The van der Waals surface area contributed by atoms with Gasteiger partial charge in [-0.05, 0) is 24.6 Å². The van der Waals surface area contributed by atoms with E-state index < -0.39 is 0 Å². The average Bonchev–Trinajstić information content (AvgIpc) is 2.21. The van der Waals surface area contributed by atoms with Crippen LogP contribution in [0.15, 0.2) is 30.3 Å². The van der Waals surface area contributed by atoms with Gasteiger partial charge in [0.05, 0.1) is 13.2 Å². The van der Waals surface area contributed by atoms with Crippen LogP contribution in [0.4, 0.5) is 0 Å². The zero-order valence-corrected chi connectivity index (χ0v) is 8.69. The van der Waals surface area contributed by atoms with E-state index in [1.807, 2.05) is 43.3 Å². The fourth-order valence-electron chi connectivity index (χ4n) is 1.12. The summed E-state index contributed by atoms with van der Waals surface area (Å²) in [5.41, 5.74) is 1.16. The van der Waals surface area contributed by atoms with Gasteiger partial charge in [-0.25, -0.2) is 0 Å². The van der Waals surface area contributed by atoms with E-state index in [1.54, 1.807) is 7.11 Å². The zero-order chi connectivity index (χ0) is 10.2. The third-order valence-electron chi connectivity index (χ3n) is 1.76. The molecule has 0 saturated carbocycles. The highest BCUT2D eigenvalue weighted by atomic mass is 16.5. The summed E-state index contributed by atoms with van der Waals surface area (Å²) < 4.78 is 10.3. The molecule has 0 atom stereocenters. The van der Waals surface area contributed by atoms with Crippen LogP contribution in [0.3, 0.4) is 0 Å². The van der Waals surface area contributed by atoms with Crippen LogP contribution in [0.1, 0.15) is 12.5 Å². The Balaban J connectivity index is 2.54. The normalized spacial score (nSPS) is 10.7. The van der Waals surface area contributed by atoms with Gasteiger partial charge < -0.3 is 9.47 Å². The lowest BCUT2D eigenvalue weighted by Gasteiger charge is -2.02. The highest BCUT2D eigenvalue weighted by molar-refractivity contribution is 5.50. The zero-order valence-electron chi connectivity index (χ0n) is 8.69. The van der Waals surface area contributed by atoms with Gasteiger partial charge in [0.1, 0.15) is 5.75 Å². The van der Waals surface area contributed by atoms with Crippen LogP contribution in [0.2, 0.25) is 0 Å². The molecule has 1 aromatic rings. The van der Waals surface area contributed by atoms with Crippen molar-refractivity contribution in [3.8, 4) is 5.75 Å². The molecule has 1 aromatic carbocycles. The number of hydrogen-bond acceptors (Lipinski definition) is 2. The van der Waals surface area contributed by atoms with Gasteiger partial charge in [0, 0.05) is 7.11 Å². The van der Waals surface area contributed by atoms with Crippen LogP contribution in [0, 0.1) is 0 Å². The van der Waals surface area contributed by atoms with E-state index in [9.17, 15) is 0 Å². The quantitative estimate of drug-likeness (QED) is 0.714. The van der Waals surface area contributed by atoms with Crippen molar-refractivity contribution in [3.63, 3.8) is 0 Å². The Morgan fingerprint density at radius 2 is 1.93 bits per heavy atom. The maximum absolute atomic E-state index is 5.34. The molecule has 0 aliphatic carbocycles. The van der Waals surface area contributed by atoms with Crippen molar-refractivity contribution < 1.29 is 9.47 Å². The van der Waals surface area contributed by atoms with Gasteiger partial charge in [-0.2, -0.15) is 0 Å². The van der Waals surface area contributed by atoms with E-state index in [2.05, 4.69) is 0 Å². The van der Waals surface area contributed by atoms with Gasteiger partial charge >= 0.3 is 0 Å². The van der Waals surface area contributed by atoms with E-state index in [4.69, 9.17) is 9.47 Å². The first-order valence-corrected chi connectivity index (χ1v) is 4.75. The summed E-state index contributed by atoms with van der Waals surface area (Å²) in [5, 5.41) is 0. The van der Waals surface area contributed by atoms with Crippen molar-refractivity contribution in [2.24, 2.45) is 0 Å². The molecule has 2 nitrogen and oxygen atoms in total. The Morgan fingerprint density at radius 3 is 2.50 bits per heavy atom. The predicted octanol–water partition coefficient (Wildman–Crippen LogP) is 2.74. The van der Waals surface area contributed by atoms with Crippen molar-refractivity contribution in [1.82, 2.24) is 0 Å². The molecule has 0 aliphatic rings. The number of benzene rings is 1. The Kier molecular flexibility index (Phi) is 4.79. The third-order valence-corrected chi connectivity index (χ3v) is 1.76. The fraction of sp³-hybridized carbons (Fsp3) is 0.333. The molecule has 1 rings (SSSR count). The molecule has 0 unspecified atom stereocenters. The minimum absolute atomic E-state index is 0.646. The number of rotatable bonds is 5. The molecule has 0 aromatic heterocycles. The number of ether oxygens (including phenoxy) is 2. The molecule has 0 N–H and O–H groups in total. The van der Waals surface area contributed by atoms with Crippen LogP contribution in [-0.4, -0.2) is 20.3 Å².